The fraction of sp³-hybridized carbons (Fsp3) is 0.348. The third-order valence-electron chi connectivity index (χ3n) is 5.77. The summed E-state index contributed by atoms with van der Waals surface area (Å²) in [6.45, 7) is -0.0182. The number of carbonyl (C=O) groups excluding carboxylic acids is 2. The first-order valence-electron chi connectivity index (χ1n) is 11.4. The highest BCUT2D eigenvalue weighted by atomic mass is 35.6. The van der Waals surface area contributed by atoms with E-state index < -0.39 is 37.5 Å². The van der Waals surface area contributed by atoms with Gasteiger partial charge in [-0.2, -0.15) is 0 Å². The molecule has 1 N–H and O–H groups in total. The molecular formula is C23H18Cl6F2N4O6. The van der Waals surface area contributed by atoms with Crippen LogP contribution in [0.25, 0.3) is 11.0 Å². The van der Waals surface area contributed by atoms with Gasteiger partial charge in [0.25, 0.3) is 0 Å². The number of fused-ring (bicyclic) bond motifs is 3. The standard InChI is InChI=1S/C20H18F2N4O3.C3Cl6O3/c1-28-13-7-14(29-2)16(22)18(15(13)21)25-9-10-8-24-19-12(5-6-23-19)17(10)26(20(25)27)11-3-4-11;4-2(5,6)11-1(10)12-3(7,8)9/h5-8,11H,3-4,9H2,1-2H3,(H,23,24);. The molecule has 0 spiro atoms. The Labute approximate surface area is 261 Å². The number of nitrogens with zero attached hydrogens (tertiary/aromatic N) is 3. The Morgan fingerprint density at radius 2 is 1.56 bits per heavy atom. The smallest absolute Gasteiger partial charge is 0.493 e. The van der Waals surface area contributed by atoms with Crippen LogP contribution in [-0.4, -0.2) is 50.4 Å². The maximum atomic E-state index is 15.1. The summed E-state index contributed by atoms with van der Waals surface area (Å²) < 4.78 is 43.7. The number of ether oxygens (including phenoxy) is 4. The van der Waals surface area contributed by atoms with Crippen LogP contribution in [0.5, 0.6) is 11.5 Å². The zero-order valence-electron chi connectivity index (χ0n) is 20.8. The van der Waals surface area contributed by atoms with Crippen LogP contribution in [0.3, 0.4) is 0 Å². The summed E-state index contributed by atoms with van der Waals surface area (Å²) in [6.07, 6.45) is 3.65. The lowest BCUT2D eigenvalue weighted by Gasteiger charge is -2.37. The summed E-state index contributed by atoms with van der Waals surface area (Å²) in [5.74, 6) is -2.30. The van der Waals surface area contributed by atoms with Gasteiger partial charge >= 0.3 is 20.1 Å². The highest BCUT2D eigenvalue weighted by molar-refractivity contribution is 6.67. The number of aromatic nitrogens is 2. The molecule has 0 unspecified atom stereocenters. The van der Waals surface area contributed by atoms with Crippen molar-refractivity contribution in [2.24, 2.45) is 0 Å². The van der Waals surface area contributed by atoms with Crippen LogP contribution in [0, 0.1) is 11.6 Å². The normalized spacial score (nSPS) is 15.2. The van der Waals surface area contributed by atoms with E-state index in [4.69, 9.17) is 79.1 Å². The third kappa shape index (κ3) is 7.18. The lowest BCUT2D eigenvalue weighted by molar-refractivity contribution is 0.0508. The Morgan fingerprint density at radius 3 is 2.05 bits per heavy atom. The zero-order valence-corrected chi connectivity index (χ0v) is 25.4. The van der Waals surface area contributed by atoms with E-state index in [1.807, 2.05) is 6.07 Å². The first-order valence-corrected chi connectivity index (χ1v) is 13.6. The summed E-state index contributed by atoms with van der Waals surface area (Å²) in [6, 6.07) is 2.49. The van der Waals surface area contributed by atoms with Crippen molar-refractivity contribution < 1.29 is 37.3 Å². The number of nitrogens with one attached hydrogen (secondary N) is 1. The van der Waals surface area contributed by atoms with Crippen LogP contribution in [0.2, 0.25) is 0 Å². The molecule has 1 fully saturated rings. The van der Waals surface area contributed by atoms with Crippen LogP contribution >= 0.6 is 69.6 Å². The number of carbonyl (C=O) groups is 2. The number of pyridine rings is 1. The Kier molecular flexibility index (Phi) is 9.32. The van der Waals surface area contributed by atoms with Crippen molar-refractivity contribution in [3.05, 3.63) is 41.7 Å². The molecule has 3 heterocycles. The second kappa shape index (κ2) is 12.1. The van der Waals surface area contributed by atoms with Gasteiger partial charge in [0.15, 0.2) is 23.1 Å². The second-order valence-corrected chi connectivity index (χ2v) is 12.8. The summed E-state index contributed by atoms with van der Waals surface area (Å²) in [5, 5.41) is 0.812. The maximum Gasteiger partial charge on any atom is 0.515 e. The molecule has 10 nitrogen and oxygen atoms in total. The minimum atomic E-state index is -2.24. The maximum absolute atomic E-state index is 15.1. The predicted octanol–water partition coefficient (Wildman–Crippen LogP) is 7.76. The van der Waals surface area contributed by atoms with Crippen molar-refractivity contribution in [2.75, 3.05) is 24.0 Å². The molecule has 2 amide bonds. The number of hydrogen-bond donors (Lipinski definition) is 1. The van der Waals surface area contributed by atoms with Gasteiger partial charge in [-0.25, -0.2) is 23.4 Å². The van der Waals surface area contributed by atoms with Gasteiger partial charge in [0.2, 0.25) is 0 Å². The van der Waals surface area contributed by atoms with Crippen LogP contribution in [0.15, 0.2) is 24.5 Å². The number of hydrogen-bond acceptors (Lipinski definition) is 7. The molecule has 222 valence electrons. The van der Waals surface area contributed by atoms with E-state index in [2.05, 4.69) is 19.4 Å². The van der Waals surface area contributed by atoms with Crippen LogP contribution in [0.1, 0.15) is 18.4 Å². The molecule has 1 aliphatic heterocycles. The number of amides is 2. The summed E-state index contributed by atoms with van der Waals surface area (Å²) in [7, 11) is 2.55. The summed E-state index contributed by atoms with van der Waals surface area (Å²) in [5.41, 5.74) is 1.63. The minimum absolute atomic E-state index is 0.0109. The second-order valence-electron chi connectivity index (χ2n) is 8.45. The van der Waals surface area contributed by atoms with E-state index in [1.165, 1.54) is 14.2 Å². The minimum Gasteiger partial charge on any atom is -0.493 e. The number of rotatable bonds is 4. The molecule has 1 aliphatic carbocycles. The Balaban J connectivity index is 0.000000275. The van der Waals surface area contributed by atoms with E-state index in [1.54, 1.807) is 17.3 Å². The van der Waals surface area contributed by atoms with Crippen molar-refractivity contribution in [1.29, 1.82) is 0 Å². The van der Waals surface area contributed by atoms with Gasteiger partial charge < -0.3 is 23.9 Å². The molecule has 0 radical (unpaired) electrons. The highest BCUT2D eigenvalue weighted by Crippen LogP contribution is 2.45. The molecule has 2 aliphatic rings. The van der Waals surface area contributed by atoms with E-state index >= 15 is 8.78 Å². The van der Waals surface area contributed by atoms with Gasteiger partial charge in [0.05, 0.1) is 26.5 Å². The molecule has 0 atom stereocenters. The lowest BCUT2D eigenvalue weighted by Crippen LogP contribution is -2.49. The third-order valence-corrected chi connectivity index (χ3v) is 6.23. The van der Waals surface area contributed by atoms with Crippen molar-refractivity contribution in [3.8, 4) is 11.5 Å². The fourth-order valence-electron chi connectivity index (χ4n) is 4.06. The molecule has 18 heteroatoms. The number of urea groups is 1. The van der Waals surface area contributed by atoms with E-state index in [-0.39, 0.29) is 24.1 Å². The molecule has 0 saturated heterocycles. The SMILES string of the molecule is COc1cc(OC)c(F)c(N2Cc3cnc4[nH]ccc4c3N(C3CC3)C2=O)c1F.O=C(OC(Cl)(Cl)Cl)OC(Cl)(Cl)Cl. The number of halogens is 8. The topological polar surface area (TPSA) is 106 Å². The quantitative estimate of drug-likeness (QED) is 0.220. The molecule has 5 rings (SSSR count). The average molecular weight is 697 g/mol. The molecule has 1 aromatic carbocycles. The van der Waals surface area contributed by atoms with Gasteiger partial charge in [0, 0.05) is 35.5 Å². The van der Waals surface area contributed by atoms with E-state index in [0.717, 1.165) is 34.9 Å². The first-order chi connectivity index (χ1) is 19.1. The first kappa shape index (κ1) is 31.6. The van der Waals surface area contributed by atoms with Crippen molar-refractivity contribution in [2.45, 2.75) is 33.4 Å². The Bertz CT molecular complexity index is 1430. The number of anilines is 2. The van der Waals surface area contributed by atoms with Gasteiger partial charge in [-0.05, 0) is 88.5 Å². The molecule has 0 bridgehead atoms. The molecule has 1 saturated carbocycles. The highest BCUT2D eigenvalue weighted by Gasteiger charge is 2.44. The Hall–Kier alpha value is -2.35. The Morgan fingerprint density at radius 1 is 1.00 bits per heavy atom. The molecule has 3 aromatic rings. The van der Waals surface area contributed by atoms with Gasteiger partial charge in [-0.15, -0.1) is 0 Å². The van der Waals surface area contributed by atoms with Crippen LogP contribution in [0.4, 0.5) is 29.7 Å². The van der Waals surface area contributed by atoms with E-state index in [9.17, 15) is 9.59 Å². The van der Waals surface area contributed by atoms with Crippen molar-refractivity contribution in [1.82, 2.24) is 9.97 Å². The zero-order chi connectivity index (χ0) is 30.3. The number of methoxy groups -OCH3 is 2. The number of alkyl halides is 6. The fourth-order valence-corrected chi connectivity index (χ4v) is 4.44. The average Bonchev–Trinajstić information content (AvgIpc) is 3.57. The van der Waals surface area contributed by atoms with Crippen molar-refractivity contribution in [3.63, 3.8) is 0 Å². The van der Waals surface area contributed by atoms with Gasteiger partial charge in [-0.1, -0.05) is 0 Å². The van der Waals surface area contributed by atoms with E-state index in [0.29, 0.717) is 11.2 Å². The molecule has 41 heavy (non-hydrogen) atoms. The monoisotopic (exact) mass is 694 g/mol. The molecular weight excluding hydrogens is 679 g/mol. The molecule has 2 aromatic heterocycles. The van der Waals surface area contributed by atoms with Crippen molar-refractivity contribution >= 4 is 104 Å². The number of benzene rings is 1. The van der Waals surface area contributed by atoms with Gasteiger partial charge in [-0.3, -0.25) is 9.80 Å². The van der Waals surface area contributed by atoms with Crippen LogP contribution in [-0.2, 0) is 16.0 Å². The van der Waals surface area contributed by atoms with Crippen LogP contribution < -0.4 is 19.3 Å². The summed E-state index contributed by atoms with van der Waals surface area (Å²) in [4.78, 5) is 34.1. The summed E-state index contributed by atoms with van der Waals surface area (Å²) >= 11 is 30.2. The number of aromatic amines is 1. The largest absolute Gasteiger partial charge is 0.515 e. The lowest BCUT2D eigenvalue weighted by atomic mass is 10.1. The predicted molar refractivity (Wildman–Crippen MR) is 151 cm³/mol. The number of H-pyrrole nitrogens is 1. The van der Waals surface area contributed by atoms with Gasteiger partial charge in [0.1, 0.15) is 11.3 Å².